The van der Waals surface area contributed by atoms with Crippen molar-refractivity contribution in [3.8, 4) is 0 Å². The Bertz CT molecular complexity index is 319. The second-order valence-corrected chi connectivity index (χ2v) is 4.43. The lowest BCUT2D eigenvalue weighted by Crippen LogP contribution is -2.28. The van der Waals surface area contributed by atoms with Gasteiger partial charge in [-0.15, -0.1) is 11.6 Å². The Morgan fingerprint density at radius 3 is 3.14 bits per heavy atom. The van der Waals surface area contributed by atoms with Crippen LogP contribution in [0.15, 0.2) is 23.3 Å². The molecule has 2 rings (SSSR count). The fourth-order valence-corrected chi connectivity index (χ4v) is 2.25. The summed E-state index contributed by atoms with van der Waals surface area (Å²) in [6, 6.07) is 0. The first-order valence-corrected chi connectivity index (χ1v) is 5.45. The summed E-state index contributed by atoms with van der Waals surface area (Å²) in [5.41, 5.74) is 2.43. The maximum atomic E-state index is 11.6. The van der Waals surface area contributed by atoms with Crippen LogP contribution in [0.4, 0.5) is 0 Å². The molecule has 1 heterocycles. The topological polar surface area (TPSA) is 29.1 Å². The van der Waals surface area contributed by atoms with Crippen molar-refractivity contribution in [1.82, 2.24) is 5.32 Å². The summed E-state index contributed by atoms with van der Waals surface area (Å²) in [6.07, 6.45) is 6.03. The highest BCUT2D eigenvalue weighted by Gasteiger charge is 2.26. The average molecular weight is 212 g/mol. The Hall–Kier alpha value is -0.760. The standard InChI is InChI=1S/C11H14ClNO/c1-7-10-6-9(12)3-2-8(10)4-5-13-11(7)14/h2,6-7,9H,3-5H2,1H3,(H,13,14). The number of nitrogens with one attached hydrogen (secondary N) is 1. The SMILES string of the molecule is CC1C(=O)NCCC2=CCC(Cl)C=C21. The number of fused-ring (bicyclic) bond motifs is 1. The summed E-state index contributed by atoms with van der Waals surface area (Å²) in [4.78, 5) is 11.6. The maximum absolute atomic E-state index is 11.6. The molecule has 14 heavy (non-hydrogen) atoms. The Balaban J connectivity index is 2.33. The molecule has 1 fully saturated rings. The third-order valence-corrected chi connectivity index (χ3v) is 3.18. The lowest BCUT2D eigenvalue weighted by Gasteiger charge is -2.19. The third-order valence-electron chi connectivity index (χ3n) is 2.87. The first kappa shape index (κ1) is 9.78. The third kappa shape index (κ3) is 1.71. The smallest absolute Gasteiger partial charge is 0.227 e. The van der Waals surface area contributed by atoms with Gasteiger partial charge in [0.15, 0.2) is 0 Å². The van der Waals surface area contributed by atoms with Gasteiger partial charge in [-0.25, -0.2) is 0 Å². The highest BCUT2D eigenvalue weighted by Crippen LogP contribution is 2.31. The molecule has 76 valence electrons. The molecule has 0 aromatic rings. The van der Waals surface area contributed by atoms with Crippen LogP contribution in [0.5, 0.6) is 0 Å². The average Bonchev–Trinajstić information content (AvgIpc) is 2.30. The monoisotopic (exact) mass is 211 g/mol. The number of halogens is 1. The van der Waals surface area contributed by atoms with E-state index in [1.165, 1.54) is 5.57 Å². The molecule has 2 atom stereocenters. The summed E-state index contributed by atoms with van der Waals surface area (Å²) in [7, 11) is 0. The van der Waals surface area contributed by atoms with E-state index in [4.69, 9.17) is 11.6 Å². The van der Waals surface area contributed by atoms with Gasteiger partial charge in [-0.05, 0) is 30.9 Å². The molecule has 0 radical (unpaired) electrons. The summed E-state index contributed by atoms with van der Waals surface area (Å²) in [6.45, 7) is 2.69. The minimum atomic E-state index is -0.0506. The van der Waals surface area contributed by atoms with E-state index >= 15 is 0 Å². The Morgan fingerprint density at radius 2 is 2.36 bits per heavy atom. The second-order valence-electron chi connectivity index (χ2n) is 3.87. The highest BCUT2D eigenvalue weighted by atomic mass is 35.5. The zero-order chi connectivity index (χ0) is 10.1. The first-order chi connectivity index (χ1) is 6.68. The number of hydrogen-bond acceptors (Lipinski definition) is 1. The number of hydrogen-bond donors (Lipinski definition) is 1. The predicted molar refractivity (Wildman–Crippen MR) is 57.2 cm³/mol. The van der Waals surface area contributed by atoms with Crippen LogP contribution in [-0.2, 0) is 4.79 Å². The van der Waals surface area contributed by atoms with Gasteiger partial charge in [0, 0.05) is 6.54 Å². The summed E-state index contributed by atoms with van der Waals surface area (Å²) in [5, 5.41) is 2.96. The molecule has 1 N–H and O–H groups in total. The van der Waals surface area contributed by atoms with Crippen molar-refractivity contribution in [3.63, 3.8) is 0 Å². The molecule has 1 saturated heterocycles. The van der Waals surface area contributed by atoms with E-state index < -0.39 is 0 Å². The molecule has 1 amide bonds. The van der Waals surface area contributed by atoms with E-state index in [0.717, 1.165) is 25.0 Å². The van der Waals surface area contributed by atoms with Gasteiger partial charge in [0.25, 0.3) is 0 Å². The molecule has 0 saturated carbocycles. The number of carbonyl (C=O) groups is 1. The summed E-state index contributed by atoms with van der Waals surface area (Å²) in [5.74, 6) is 0.0655. The molecule has 1 aliphatic carbocycles. The van der Waals surface area contributed by atoms with Crippen molar-refractivity contribution in [1.29, 1.82) is 0 Å². The van der Waals surface area contributed by atoms with Gasteiger partial charge < -0.3 is 5.32 Å². The summed E-state index contributed by atoms with van der Waals surface area (Å²) >= 11 is 6.05. The van der Waals surface area contributed by atoms with Crippen LogP contribution in [0.3, 0.4) is 0 Å². The Morgan fingerprint density at radius 1 is 1.57 bits per heavy atom. The molecule has 2 aliphatic rings. The van der Waals surface area contributed by atoms with Crippen molar-refractivity contribution in [2.75, 3.05) is 6.54 Å². The highest BCUT2D eigenvalue weighted by molar-refractivity contribution is 6.22. The van der Waals surface area contributed by atoms with E-state index in [-0.39, 0.29) is 17.2 Å². The molecule has 3 heteroatoms. The van der Waals surface area contributed by atoms with Gasteiger partial charge in [0.2, 0.25) is 5.91 Å². The largest absolute Gasteiger partial charge is 0.355 e. The van der Waals surface area contributed by atoms with E-state index in [1.54, 1.807) is 0 Å². The number of carbonyl (C=O) groups excluding carboxylic acids is 1. The molecule has 2 nitrogen and oxygen atoms in total. The normalized spacial score (nSPS) is 32.3. The molecular formula is C11H14ClNO. The number of amides is 1. The Kier molecular flexibility index (Phi) is 2.64. The van der Waals surface area contributed by atoms with Gasteiger partial charge in [0.05, 0.1) is 11.3 Å². The van der Waals surface area contributed by atoms with Crippen LogP contribution in [0, 0.1) is 5.92 Å². The van der Waals surface area contributed by atoms with Crippen LogP contribution in [0.1, 0.15) is 19.8 Å². The summed E-state index contributed by atoms with van der Waals surface area (Å²) < 4.78 is 0. The van der Waals surface area contributed by atoms with Crippen molar-refractivity contribution in [2.45, 2.75) is 25.1 Å². The molecule has 0 aromatic heterocycles. The zero-order valence-corrected chi connectivity index (χ0v) is 8.97. The van der Waals surface area contributed by atoms with Crippen LogP contribution >= 0.6 is 11.6 Å². The first-order valence-electron chi connectivity index (χ1n) is 5.01. The fraction of sp³-hybridized carbons (Fsp3) is 0.545. The van der Waals surface area contributed by atoms with Crippen molar-refractivity contribution >= 4 is 17.5 Å². The minimum Gasteiger partial charge on any atom is -0.355 e. The number of allylic oxidation sites excluding steroid dienone is 2. The molecule has 0 bridgehead atoms. The Labute approximate surface area is 89.0 Å². The fourth-order valence-electron chi connectivity index (χ4n) is 2.03. The van der Waals surface area contributed by atoms with Crippen LogP contribution in [-0.4, -0.2) is 17.8 Å². The van der Waals surface area contributed by atoms with Crippen molar-refractivity contribution in [2.24, 2.45) is 5.92 Å². The van der Waals surface area contributed by atoms with Gasteiger partial charge in [0.1, 0.15) is 0 Å². The minimum absolute atomic E-state index is 0.0506. The van der Waals surface area contributed by atoms with E-state index in [2.05, 4.69) is 11.4 Å². The second kappa shape index (κ2) is 3.77. The van der Waals surface area contributed by atoms with E-state index in [1.807, 2.05) is 13.0 Å². The van der Waals surface area contributed by atoms with Gasteiger partial charge in [-0.1, -0.05) is 12.2 Å². The van der Waals surface area contributed by atoms with Crippen LogP contribution in [0.2, 0.25) is 0 Å². The van der Waals surface area contributed by atoms with Crippen LogP contribution < -0.4 is 5.32 Å². The lowest BCUT2D eigenvalue weighted by atomic mass is 9.88. The van der Waals surface area contributed by atoms with E-state index in [9.17, 15) is 4.79 Å². The molecule has 1 aliphatic heterocycles. The van der Waals surface area contributed by atoms with Gasteiger partial charge in [-0.2, -0.15) is 0 Å². The molecule has 2 unspecified atom stereocenters. The van der Waals surface area contributed by atoms with Crippen molar-refractivity contribution < 1.29 is 4.79 Å². The van der Waals surface area contributed by atoms with E-state index in [0.29, 0.717) is 0 Å². The lowest BCUT2D eigenvalue weighted by molar-refractivity contribution is -0.123. The van der Waals surface area contributed by atoms with Crippen LogP contribution in [0.25, 0.3) is 0 Å². The quantitative estimate of drug-likeness (QED) is 0.611. The molecule has 0 spiro atoms. The molecule has 0 aromatic carbocycles. The van der Waals surface area contributed by atoms with Crippen molar-refractivity contribution in [3.05, 3.63) is 23.3 Å². The number of rotatable bonds is 0. The predicted octanol–water partition coefficient (Wildman–Crippen LogP) is 2.01. The maximum Gasteiger partial charge on any atom is 0.227 e. The van der Waals surface area contributed by atoms with Gasteiger partial charge in [-0.3, -0.25) is 4.79 Å². The zero-order valence-electron chi connectivity index (χ0n) is 8.22. The number of alkyl halides is 1. The van der Waals surface area contributed by atoms with Gasteiger partial charge >= 0.3 is 0 Å². The molecular weight excluding hydrogens is 198 g/mol.